The molecule has 1 N–H and O–H groups in total. The molecule has 1 amide bonds. The van der Waals surface area contributed by atoms with E-state index in [1.165, 1.54) is 43.5 Å². The molecule has 0 spiro atoms. The molecule has 1 heterocycles. The SMILES string of the molecule is COc1ccccc1-n1c(SCC(=O)Nc2ccccc2C(F)(F)F)nc2cc([N+](=O)[O-])ccc21. The smallest absolute Gasteiger partial charge is 0.418 e. The summed E-state index contributed by atoms with van der Waals surface area (Å²) in [5.74, 6) is -0.431. The van der Waals surface area contributed by atoms with Gasteiger partial charge in [0.15, 0.2) is 5.16 Å². The number of ether oxygens (including phenoxy) is 1. The molecule has 180 valence electrons. The summed E-state index contributed by atoms with van der Waals surface area (Å²) in [7, 11) is 1.49. The molecular weight excluding hydrogens is 485 g/mol. The minimum atomic E-state index is -4.62. The molecule has 0 saturated carbocycles. The molecule has 35 heavy (non-hydrogen) atoms. The van der Waals surface area contributed by atoms with E-state index in [0.29, 0.717) is 27.6 Å². The molecule has 0 aliphatic heterocycles. The second kappa shape index (κ2) is 9.66. The zero-order chi connectivity index (χ0) is 25.2. The molecule has 0 radical (unpaired) electrons. The van der Waals surface area contributed by atoms with Crippen molar-refractivity contribution in [1.82, 2.24) is 9.55 Å². The zero-order valence-electron chi connectivity index (χ0n) is 18.1. The maximum absolute atomic E-state index is 13.2. The maximum Gasteiger partial charge on any atom is 0.418 e. The van der Waals surface area contributed by atoms with Gasteiger partial charge in [-0.15, -0.1) is 0 Å². The van der Waals surface area contributed by atoms with Crippen LogP contribution in [-0.4, -0.2) is 33.2 Å². The quantitative estimate of drug-likeness (QED) is 0.198. The average molecular weight is 502 g/mol. The van der Waals surface area contributed by atoms with Crippen molar-refractivity contribution in [1.29, 1.82) is 0 Å². The number of nitro benzene ring substituents is 1. The number of benzene rings is 3. The first-order chi connectivity index (χ1) is 16.7. The number of nitrogens with zero attached hydrogens (tertiary/aromatic N) is 3. The summed E-state index contributed by atoms with van der Waals surface area (Å²) in [5.41, 5.74) is -0.0239. The molecule has 8 nitrogen and oxygen atoms in total. The first kappa shape index (κ1) is 24.1. The number of nitro groups is 1. The van der Waals surface area contributed by atoms with Crippen LogP contribution in [0.1, 0.15) is 5.56 Å². The van der Waals surface area contributed by atoms with Crippen LogP contribution < -0.4 is 10.1 Å². The van der Waals surface area contributed by atoms with E-state index >= 15 is 0 Å². The summed E-state index contributed by atoms with van der Waals surface area (Å²) in [6, 6.07) is 15.9. The van der Waals surface area contributed by atoms with Crippen molar-refractivity contribution in [3.05, 3.63) is 82.4 Å². The van der Waals surface area contributed by atoms with Gasteiger partial charge in [-0.3, -0.25) is 19.5 Å². The van der Waals surface area contributed by atoms with Gasteiger partial charge in [-0.2, -0.15) is 13.2 Å². The Morgan fingerprint density at radius 2 is 1.86 bits per heavy atom. The number of carbonyl (C=O) groups excluding carboxylic acids is 1. The number of nitrogens with one attached hydrogen (secondary N) is 1. The summed E-state index contributed by atoms with van der Waals surface area (Å²) < 4.78 is 46.8. The predicted molar refractivity (Wildman–Crippen MR) is 125 cm³/mol. The molecule has 0 saturated heterocycles. The number of non-ortho nitro benzene ring substituents is 1. The van der Waals surface area contributed by atoms with E-state index in [9.17, 15) is 28.1 Å². The summed E-state index contributed by atoms with van der Waals surface area (Å²) >= 11 is 0.975. The number of carbonyl (C=O) groups is 1. The molecule has 0 fully saturated rings. The van der Waals surface area contributed by atoms with Gasteiger partial charge in [0.1, 0.15) is 5.75 Å². The number of alkyl halides is 3. The van der Waals surface area contributed by atoms with Crippen molar-refractivity contribution in [2.24, 2.45) is 0 Å². The van der Waals surface area contributed by atoms with Crippen molar-refractivity contribution in [2.75, 3.05) is 18.2 Å². The Kier molecular flexibility index (Phi) is 6.65. The lowest BCUT2D eigenvalue weighted by atomic mass is 10.1. The lowest BCUT2D eigenvalue weighted by Crippen LogP contribution is -2.18. The lowest BCUT2D eigenvalue weighted by Gasteiger charge is -2.14. The summed E-state index contributed by atoms with van der Waals surface area (Å²) in [6.07, 6.45) is -4.62. The van der Waals surface area contributed by atoms with Crippen molar-refractivity contribution < 1.29 is 27.6 Å². The summed E-state index contributed by atoms with van der Waals surface area (Å²) in [6.45, 7) is 0. The van der Waals surface area contributed by atoms with E-state index in [0.717, 1.165) is 17.8 Å². The Morgan fingerprint density at radius 1 is 1.14 bits per heavy atom. The number of fused-ring (bicyclic) bond motifs is 1. The van der Waals surface area contributed by atoms with Gasteiger partial charge in [0.05, 0.1) is 45.8 Å². The molecule has 4 aromatic rings. The van der Waals surface area contributed by atoms with Gasteiger partial charge in [-0.1, -0.05) is 36.0 Å². The third kappa shape index (κ3) is 5.06. The average Bonchev–Trinajstić information content (AvgIpc) is 3.19. The van der Waals surface area contributed by atoms with E-state index in [4.69, 9.17) is 4.74 Å². The fourth-order valence-corrected chi connectivity index (χ4v) is 4.28. The molecule has 0 bridgehead atoms. The number of halogens is 3. The van der Waals surface area contributed by atoms with Crippen LogP contribution in [0.5, 0.6) is 5.75 Å². The fourth-order valence-electron chi connectivity index (χ4n) is 3.46. The number of aromatic nitrogens is 2. The van der Waals surface area contributed by atoms with Gasteiger partial charge in [0.2, 0.25) is 5.91 Å². The molecule has 4 rings (SSSR count). The third-order valence-corrected chi connectivity index (χ3v) is 5.92. The van der Waals surface area contributed by atoms with Gasteiger partial charge in [-0.05, 0) is 30.3 Å². The Hall–Kier alpha value is -4.06. The highest BCUT2D eigenvalue weighted by atomic mass is 32.2. The fraction of sp³-hybridized carbons (Fsp3) is 0.130. The number of imidazole rings is 1. The Labute approximate surface area is 200 Å². The molecule has 0 unspecified atom stereocenters. The number of amides is 1. The van der Waals surface area contributed by atoms with Gasteiger partial charge in [-0.25, -0.2) is 4.98 Å². The van der Waals surface area contributed by atoms with E-state index in [1.807, 2.05) is 0 Å². The highest BCUT2D eigenvalue weighted by Gasteiger charge is 2.33. The molecule has 0 atom stereocenters. The van der Waals surface area contributed by atoms with Crippen LogP contribution in [0.3, 0.4) is 0 Å². The highest BCUT2D eigenvalue weighted by Crippen LogP contribution is 2.36. The van der Waals surface area contributed by atoms with Crippen molar-refractivity contribution in [3.63, 3.8) is 0 Å². The van der Waals surface area contributed by atoms with E-state index < -0.39 is 22.6 Å². The van der Waals surface area contributed by atoms with Gasteiger partial charge < -0.3 is 10.1 Å². The Bertz CT molecular complexity index is 1420. The largest absolute Gasteiger partial charge is 0.495 e. The molecular formula is C23H17F3N4O4S. The number of methoxy groups -OCH3 is 1. The molecule has 12 heteroatoms. The second-order valence-corrected chi connectivity index (χ2v) is 8.15. The monoisotopic (exact) mass is 502 g/mol. The number of hydrogen-bond donors (Lipinski definition) is 1. The molecule has 0 aliphatic carbocycles. The van der Waals surface area contributed by atoms with Crippen LogP contribution in [0.15, 0.2) is 71.9 Å². The van der Waals surface area contributed by atoms with Crippen LogP contribution in [0.25, 0.3) is 16.7 Å². The van der Waals surface area contributed by atoms with Crippen molar-refractivity contribution in [3.8, 4) is 11.4 Å². The van der Waals surface area contributed by atoms with E-state index in [1.54, 1.807) is 28.8 Å². The minimum absolute atomic E-state index is 0.153. The number of anilines is 1. The lowest BCUT2D eigenvalue weighted by molar-refractivity contribution is -0.384. The van der Waals surface area contributed by atoms with Crippen LogP contribution in [0.4, 0.5) is 24.5 Å². The normalized spacial score (nSPS) is 11.4. The first-order valence-electron chi connectivity index (χ1n) is 10.1. The Morgan fingerprint density at radius 3 is 2.57 bits per heavy atom. The first-order valence-corrected chi connectivity index (χ1v) is 11.1. The van der Waals surface area contributed by atoms with Crippen LogP contribution in [-0.2, 0) is 11.0 Å². The van der Waals surface area contributed by atoms with Gasteiger partial charge in [0, 0.05) is 12.1 Å². The standard InChI is InChI=1S/C23H17F3N4O4S/c1-34-20-9-5-4-8-19(20)29-18-11-10-14(30(32)33)12-17(18)28-22(29)35-13-21(31)27-16-7-3-2-6-15(16)23(24,25)26/h2-12H,13H2,1H3,(H,27,31). The van der Waals surface area contributed by atoms with E-state index in [-0.39, 0.29) is 17.1 Å². The van der Waals surface area contributed by atoms with Crippen molar-refractivity contribution in [2.45, 2.75) is 11.3 Å². The van der Waals surface area contributed by atoms with Crippen LogP contribution in [0.2, 0.25) is 0 Å². The topological polar surface area (TPSA) is 99.3 Å². The number of thioether (sulfide) groups is 1. The van der Waals surface area contributed by atoms with E-state index in [2.05, 4.69) is 10.3 Å². The number of para-hydroxylation sites is 3. The predicted octanol–water partition coefficient (Wildman–Crippen LogP) is 5.69. The molecule has 3 aromatic carbocycles. The minimum Gasteiger partial charge on any atom is -0.495 e. The molecule has 1 aromatic heterocycles. The summed E-state index contributed by atoms with van der Waals surface area (Å²) in [5, 5.41) is 13.8. The third-order valence-electron chi connectivity index (χ3n) is 4.98. The summed E-state index contributed by atoms with van der Waals surface area (Å²) in [4.78, 5) is 27.7. The van der Waals surface area contributed by atoms with Gasteiger partial charge in [0.25, 0.3) is 5.69 Å². The maximum atomic E-state index is 13.2. The van der Waals surface area contributed by atoms with Crippen LogP contribution >= 0.6 is 11.8 Å². The highest BCUT2D eigenvalue weighted by molar-refractivity contribution is 7.99. The zero-order valence-corrected chi connectivity index (χ0v) is 18.9. The number of hydrogen-bond acceptors (Lipinski definition) is 6. The number of rotatable bonds is 7. The second-order valence-electron chi connectivity index (χ2n) is 7.21. The Balaban J connectivity index is 1.68. The molecule has 0 aliphatic rings. The van der Waals surface area contributed by atoms with Gasteiger partial charge >= 0.3 is 6.18 Å². The van der Waals surface area contributed by atoms with Crippen LogP contribution in [0, 0.1) is 10.1 Å². The van der Waals surface area contributed by atoms with Crippen molar-refractivity contribution >= 4 is 40.1 Å².